The third-order valence-electron chi connectivity index (χ3n) is 3.91. The van der Waals surface area contributed by atoms with Crippen LogP contribution in [-0.4, -0.2) is 42.7 Å². The maximum absolute atomic E-state index is 5.21. The van der Waals surface area contributed by atoms with Gasteiger partial charge in [-0.2, -0.15) is 0 Å². The van der Waals surface area contributed by atoms with Gasteiger partial charge in [0.2, 0.25) is 5.88 Å². The Labute approximate surface area is 122 Å². The Hall–Kier alpha value is -1.13. The van der Waals surface area contributed by atoms with Crippen LogP contribution in [-0.2, 0) is 6.54 Å². The summed E-state index contributed by atoms with van der Waals surface area (Å²) in [7, 11) is 1.67. The lowest BCUT2D eigenvalue weighted by Gasteiger charge is -2.35. The molecule has 1 aromatic rings. The number of likely N-dealkylation sites (tertiary alicyclic amines) is 1. The van der Waals surface area contributed by atoms with Crippen LogP contribution in [0, 0.1) is 0 Å². The summed E-state index contributed by atoms with van der Waals surface area (Å²) >= 11 is 0. The van der Waals surface area contributed by atoms with Crippen molar-refractivity contribution in [3.8, 4) is 5.88 Å². The number of aromatic nitrogens is 1. The van der Waals surface area contributed by atoms with Gasteiger partial charge in [-0.15, -0.1) is 0 Å². The van der Waals surface area contributed by atoms with Crippen molar-refractivity contribution in [2.75, 3.05) is 26.7 Å². The van der Waals surface area contributed by atoms with Crippen LogP contribution < -0.4 is 10.1 Å². The first kappa shape index (κ1) is 15.3. The van der Waals surface area contributed by atoms with Crippen molar-refractivity contribution >= 4 is 0 Å². The second-order valence-corrected chi connectivity index (χ2v) is 5.50. The van der Waals surface area contributed by atoms with Crippen molar-refractivity contribution in [1.29, 1.82) is 0 Å². The van der Waals surface area contributed by atoms with Crippen LogP contribution in [0.2, 0.25) is 0 Å². The largest absolute Gasteiger partial charge is 0.481 e. The third kappa shape index (κ3) is 4.46. The average molecular weight is 277 g/mol. The Morgan fingerprint density at radius 2 is 2.30 bits per heavy atom. The molecule has 0 radical (unpaired) electrons. The van der Waals surface area contributed by atoms with Crippen molar-refractivity contribution in [3.63, 3.8) is 0 Å². The summed E-state index contributed by atoms with van der Waals surface area (Å²) in [6.45, 7) is 6.53. The number of ether oxygens (including phenoxy) is 1. The van der Waals surface area contributed by atoms with Gasteiger partial charge < -0.3 is 10.1 Å². The van der Waals surface area contributed by atoms with E-state index in [0.29, 0.717) is 11.9 Å². The van der Waals surface area contributed by atoms with Crippen molar-refractivity contribution in [2.45, 2.75) is 45.2 Å². The molecule has 2 rings (SSSR count). The van der Waals surface area contributed by atoms with Gasteiger partial charge in [-0.05, 0) is 38.4 Å². The van der Waals surface area contributed by atoms with Crippen LogP contribution in [0.15, 0.2) is 18.2 Å². The summed E-state index contributed by atoms with van der Waals surface area (Å²) in [5.74, 6) is 0.708. The summed E-state index contributed by atoms with van der Waals surface area (Å²) in [6, 6.07) is 6.66. The fraction of sp³-hybridized carbons (Fsp3) is 0.688. The molecule has 1 atom stereocenters. The van der Waals surface area contributed by atoms with E-state index in [9.17, 15) is 0 Å². The lowest BCUT2D eigenvalue weighted by molar-refractivity contribution is 0.136. The molecule has 1 fully saturated rings. The molecule has 0 aliphatic carbocycles. The summed E-state index contributed by atoms with van der Waals surface area (Å²) in [4.78, 5) is 7.10. The number of methoxy groups -OCH3 is 1. The van der Waals surface area contributed by atoms with Gasteiger partial charge in [0, 0.05) is 25.2 Å². The Morgan fingerprint density at radius 1 is 1.40 bits per heavy atom. The van der Waals surface area contributed by atoms with Crippen molar-refractivity contribution < 1.29 is 4.74 Å². The minimum atomic E-state index is 0.642. The van der Waals surface area contributed by atoms with Crippen LogP contribution in [0.3, 0.4) is 0 Å². The highest BCUT2D eigenvalue weighted by molar-refractivity contribution is 5.15. The molecule has 1 aromatic heterocycles. The fourth-order valence-corrected chi connectivity index (χ4v) is 2.81. The highest BCUT2D eigenvalue weighted by Crippen LogP contribution is 2.19. The number of piperidine rings is 1. The zero-order valence-corrected chi connectivity index (χ0v) is 12.8. The second kappa shape index (κ2) is 8.22. The monoisotopic (exact) mass is 277 g/mol. The molecule has 1 unspecified atom stereocenters. The maximum Gasteiger partial charge on any atom is 0.213 e. The molecule has 112 valence electrons. The highest BCUT2D eigenvalue weighted by Gasteiger charge is 2.22. The summed E-state index contributed by atoms with van der Waals surface area (Å²) < 4.78 is 5.21. The minimum absolute atomic E-state index is 0.642. The van der Waals surface area contributed by atoms with Crippen molar-refractivity contribution in [3.05, 3.63) is 23.9 Å². The smallest absolute Gasteiger partial charge is 0.213 e. The molecular weight excluding hydrogens is 250 g/mol. The van der Waals surface area contributed by atoms with E-state index in [0.717, 1.165) is 25.3 Å². The Morgan fingerprint density at radius 3 is 3.10 bits per heavy atom. The molecular formula is C16H27N3O. The zero-order chi connectivity index (χ0) is 14.2. The van der Waals surface area contributed by atoms with Crippen LogP contribution in [0.25, 0.3) is 0 Å². The van der Waals surface area contributed by atoms with E-state index in [1.807, 2.05) is 12.1 Å². The molecule has 0 aromatic carbocycles. The number of pyridine rings is 1. The Bertz CT molecular complexity index is 397. The number of rotatable bonds is 7. The van der Waals surface area contributed by atoms with E-state index in [1.54, 1.807) is 7.11 Å². The van der Waals surface area contributed by atoms with Gasteiger partial charge in [0.05, 0.1) is 12.8 Å². The molecule has 2 heterocycles. The molecule has 1 N–H and O–H groups in total. The van der Waals surface area contributed by atoms with Gasteiger partial charge in [0.25, 0.3) is 0 Å². The summed E-state index contributed by atoms with van der Waals surface area (Å²) in [5.41, 5.74) is 1.10. The number of nitrogens with zero attached hydrogens (tertiary/aromatic N) is 2. The molecule has 1 aliphatic heterocycles. The second-order valence-electron chi connectivity index (χ2n) is 5.50. The zero-order valence-electron chi connectivity index (χ0n) is 12.8. The Kier molecular flexibility index (Phi) is 6.27. The lowest BCUT2D eigenvalue weighted by atomic mass is 10.0. The molecule has 0 amide bonds. The molecule has 4 nitrogen and oxygen atoms in total. The predicted molar refractivity (Wildman–Crippen MR) is 82.0 cm³/mol. The van der Waals surface area contributed by atoms with E-state index < -0.39 is 0 Å². The van der Waals surface area contributed by atoms with Crippen LogP contribution in [0.1, 0.15) is 38.3 Å². The summed E-state index contributed by atoms with van der Waals surface area (Å²) in [6.07, 6.45) is 5.14. The molecule has 1 aliphatic rings. The summed E-state index contributed by atoms with van der Waals surface area (Å²) in [5, 5.41) is 3.56. The third-order valence-corrected chi connectivity index (χ3v) is 3.91. The first-order valence-corrected chi connectivity index (χ1v) is 7.78. The van der Waals surface area contributed by atoms with E-state index in [4.69, 9.17) is 4.74 Å². The fourth-order valence-electron chi connectivity index (χ4n) is 2.81. The maximum atomic E-state index is 5.21. The average Bonchev–Trinajstić information content (AvgIpc) is 2.49. The van der Waals surface area contributed by atoms with Gasteiger partial charge >= 0.3 is 0 Å². The van der Waals surface area contributed by atoms with Crippen LogP contribution in [0.5, 0.6) is 5.88 Å². The minimum Gasteiger partial charge on any atom is -0.481 e. The van der Waals surface area contributed by atoms with Crippen LogP contribution >= 0.6 is 0 Å². The first-order valence-electron chi connectivity index (χ1n) is 7.78. The van der Waals surface area contributed by atoms with Gasteiger partial charge in [0.15, 0.2) is 0 Å². The van der Waals surface area contributed by atoms with E-state index in [1.165, 1.54) is 32.2 Å². The first-order chi connectivity index (χ1) is 9.83. The van der Waals surface area contributed by atoms with Gasteiger partial charge in [-0.3, -0.25) is 4.90 Å². The highest BCUT2D eigenvalue weighted by atomic mass is 16.5. The topological polar surface area (TPSA) is 37.4 Å². The molecule has 0 saturated carbocycles. The number of hydrogen-bond donors (Lipinski definition) is 1. The quantitative estimate of drug-likeness (QED) is 0.777. The molecule has 4 heteroatoms. The van der Waals surface area contributed by atoms with Gasteiger partial charge in [-0.25, -0.2) is 4.98 Å². The van der Waals surface area contributed by atoms with Crippen molar-refractivity contribution in [1.82, 2.24) is 15.2 Å². The Balaban J connectivity index is 1.93. The van der Waals surface area contributed by atoms with Gasteiger partial charge in [0.1, 0.15) is 0 Å². The molecule has 1 saturated heterocycles. The van der Waals surface area contributed by atoms with Crippen molar-refractivity contribution in [2.24, 2.45) is 0 Å². The normalized spacial score (nSPS) is 20.0. The van der Waals surface area contributed by atoms with E-state index in [2.05, 4.69) is 28.2 Å². The number of hydrogen-bond acceptors (Lipinski definition) is 4. The lowest BCUT2D eigenvalue weighted by Crippen LogP contribution is -2.45. The predicted octanol–water partition coefficient (Wildman–Crippen LogP) is 2.44. The molecule has 0 spiro atoms. The van der Waals surface area contributed by atoms with E-state index in [-0.39, 0.29) is 0 Å². The number of nitrogens with one attached hydrogen (secondary N) is 1. The molecule has 0 bridgehead atoms. The van der Waals surface area contributed by atoms with Gasteiger partial charge in [-0.1, -0.05) is 19.4 Å². The van der Waals surface area contributed by atoms with Crippen LogP contribution in [0.4, 0.5) is 0 Å². The SMILES string of the molecule is CCCNCC1CCCCN1Cc1cccc(OC)n1. The molecule has 20 heavy (non-hydrogen) atoms. The van der Waals surface area contributed by atoms with E-state index >= 15 is 0 Å². The standard InChI is InChI=1S/C16H27N3O/c1-3-10-17-12-15-8-4-5-11-19(15)13-14-7-6-9-16(18-14)20-2/h6-7,9,15,17H,3-5,8,10-13H2,1-2H3.